The molecule has 18 heavy (non-hydrogen) atoms. The average molecular weight is 247 g/mol. The van der Waals surface area contributed by atoms with Crippen LogP contribution in [-0.2, 0) is 9.59 Å². The number of nitrogens with one attached hydrogen (secondary N) is 1. The van der Waals surface area contributed by atoms with Gasteiger partial charge in [0, 0.05) is 5.69 Å². The highest BCUT2D eigenvalue weighted by atomic mass is 16.2. The van der Waals surface area contributed by atoms with Crippen molar-refractivity contribution in [2.45, 2.75) is 13.0 Å². The van der Waals surface area contributed by atoms with Crippen LogP contribution in [0.4, 0.5) is 5.69 Å². The van der Waals surface area contributed by atoms with E-state index in [1.807, 2.05) is 0 Å². The molecule has 0 aromatic heterocycles. The lowest BCUT2D eigenvalue weighted by Crippen LogP contribution is -2.58. The van der Waals surface area contributed by atoms with Crippen LogP contribution in [0.2, 0.25) is 0 Å². The van der Waals surface area contributed by atoms with Gasteiger partial charge in [-0.3, -0.25) is 19.7 Å². The zero-order valence-electron chi connectivity index (χ0n) is 9.84. The summed E-state index contributed by atoms with van der Waals surface area (Å²) in [6.45, 7) is 1.43. The summed E-state index contributed by atoms with van der Waals surface area (Å²) in [5.74, 6) is -1.38. The fraction of sp³-hybridized carbons (Fsp3) is 0.250. The second kappa shape index (κ2) is 4.48. The van der Waals surface area contributed by atoms with E-state index in [4.69, 9.17) is 5.73 Å². The smallest absolute Gasteiger partial charge is 0.257 e. The quantitative estimate of drug-likeness (QED) is 0.529. The standard InChI is InChI=1S/C12H13N3O3/c1-7-11(17)14-10(16)6-15(7)12(18)8-4-2-3-5-9(8)13/h2-5,7H,6,13H2,1H3,(H,14,16,17). The van der Waals surface area contributed by atoms with Crippen molar-refractivity contribution in [1.82, 2.24) is 10.2 Å². The van der Waals surface area contributed by atoms with Gasteiger partial charge in [-0.25, -0.2) is 0 Å². The van der Waals surface area contributed by atoms with Crippen LogP contribution < -0.4 is 11.1 Å². The van der Waals surface area contributed by atoms with E-state index in [1.54, 1.807) is 31.2 Å². The first-order valence-corrected chi connectivity index (χ1v) is 5.50. The Balaban J connectivity index is 2.31. The van der Waals surface area contributed by atoms with E-state index in [0.29, 0.717) is 11.3 Å². The Hall–Kier alpha value is -2.37. The molecule has 1 aromatic carbocycles. The second-order valence-electron chi connectivity index (χ2n) is 4.11. The first-order chi connectivity index (χ1) is 8.50. The normalized spacial score (nSPS) is 19.6. The minimum absolute atomic E-state index is 0.139. The highest BCUT2D eigenvalue weighted by molar-refractivity contribution is 6.08. The van der Waals surface area contributed by atoms with Crippen molar-refractivity contribution in [3.63, 3.8) is 0 Å². The number of amides is 3. The molecule has 1 saturated heterocycles. The molecule has 1 aliphatic rings. The van der Waals surface area contributed by atoms with Gasteiger partial charge in [0.05, 0.1) is 5.56 Å². The number of carbonyl (C=O) groups excluding carboxylic acids is 3. The van der Waals surface area contributed by atoms with Gasteiger partial charge < -0.3 is 10.6 Å². The molecule has 2 rings (SSSR count). The number of imide groups is 1. The molecule has 1 aromatic rings. The van der Waals surface area contributed by atoms with E-state index in [1.165, 1.54) is 4.90 Å². The fourth-order valence-corrected chi connectivity index (χ4v) is 1.81. The Labute approximate surface area is 104 Å². The second-order valence-corrected chi connectivity index (χ2v) is 4.11. The predicted octanol–water partition coefficient (Wildman–Crippen LogP) is -0.244. The lowest BCUT2D eigenvalue weighted by molar-refractivity contribution is -0.138. The van der Waals surface area contributed by atoms with Gasteiger partial charge in [0.15, 0.2) is 0 Å². The molecule has 1 atom stereocenters. The van der Waals surface area contributed by atoms with Gasteiger partial charge in [0.25, 0.3) is 5.91 Å². The largest absolute Gasteiger partial charge is 0.398 e. The number of piperazine rings is 1. The van der Waals surface area contributed by atoms with Crippen molar-refractivity contribution in [2.24, 2.45) is 0 Å². The van der Waals surface area contributed by atoms with Gasteiger partial charge in [-0.1, -0.05) is 12.1 Å². The maximum absolute atomic E-state index is 12.2. The number of nitrogen functional groups attached to an aromatic ring is 1. The van der Waals surface area contributed by atoms with E-state index in [2.05, 4.69) is 5.32 Å². The van der Waals surface area contributed by atoms with Gasteiger partial charge in [-0.15, -0.1) is 0 Å². The summed E-state index contributed by atoms with van der Waals surface area (Å²) in [5, 5.41) is 2.18. The predicted molar refractivity (Wildman–Crippen MR) is 64.5 cm³/mol. The molecule has 6 heteroatoms. The first-order valence-electron chi connectivity index (χ1n) is 5.50. The number of para-hydroxylation sites is 1. The summed E-state index contributed by atoms with van der Waals surface area (Å²) in [5.41, 5.74) is 6.33. The molecule has 1 fully saturated rings. The van der Waals surface area contributed by atoms with Crippen LogP contribution in [0.25, 0.3) is 0 Å². The summed E-state index contributed by atoms with van der Waals surface area (Å²) in [6, 6.07) is 5.88. The summed E-state index contributed by atoms with van der Waals surface area (Å²) in [7, 11) is 0. The highest BCUT2D eigenvalue weighted by Gasteiger charge is 2.34. The molecule has 0 aliphatic carbocycles. The van der Waals surface area contributed by atoms with Gasteiger partial charge in [0.1, 0.15) is 12.6 Å². The van der Waals surface area contributed by atoms with Gasteiger partial charge in [-0.2, -0.15) is 0 Å². The fourth-order valence-electron chi connectivity index (χ4n) is 1.81. The number of hydrogen-bond acceptors (Lipinski definition) is 4. The molecular weight excluding hydrogens is 234 g/mol. The van der Waals surface area contributed by atoms with E-state index in [9.17, 15) is 14.4 Å². The van der Waals surface area contributed by atoms with Gasteiger partial charge in [-0.05, 0) is 19.1 Å². The number of anilines is 1. The van der Waals surface area contributed by atoms with Crippen LogP contribution in [0.15, 0.2) is 24.3 Å². The van der Waals surface area contributed by atoms with Crippen LogP contribution in [0.3, 0.4) is 0 Å². The molecule has 0 bridgehead atoms. The minimum atomic E-state index is -0.685. The third kappa shape index (κ3) is 2.04. The zero-order valence-corrected chi connectivity index (χ0v) is 9.84. The third-order valence-electron chi connectivity index (χ3n) is 2.88. The maximum Gasteiger partial charge on any atom is 0.257 e. The lowest BCUT2D eigenvalue weighted by atomic mass is 10.1. The Morgan fingerprint density at radius 2 is 2.06 bits per heavy atom. The summed E-state index contributed by atoms with van der Waals surface area (Å²) in [4.78, 5) is 36.2. The van der Waals surface area contributed by atoms with Crippen molar-refractivity contribution >= 4 is 23.4 Å². The average Bonchev–Trinajstić information content (AvgIpc) is 2.33. The molecule has 0 spiro atoms. The van der Waals surface area contributed by atoms with Crippen molar-refractivity contribution in [3.05, 3.63) is 29.8 Å². The Morgan fingerprint density at radius 3 is 2.72 bits per heavy atom. The number of rotatable bonds is 1. The van der Waals surface area contributed by atoms with Crippen LogP contribution in [-0.4, -0.2) is 35.2 Å². The van der Waals surface area contributed by atoms with E-state index < -0.39 is 23.8 Å². The Kier molecular flexibility index (Phi) is 3.01. The van der Waals surface area contributed by atoms with Gasteiger partial charge in [0.2, 0.25) is 11.8 Å². The molecule has 6 nitrogen and oxygen atoms in total. The molecule has 1 aliphatic heterocycles. The highest BCUT2D eigenvalue weighted by Crippen LogP contribution is 2.16. The molecule has 1 unspecified atom stereocenters. The van der Waals surface area contributed by atoms with Crippen LogP contribution in [0.1, 0.15) is 17.3 Å². The third-order valence-corrected chi connectivity index (χ3v) is 2.88. The molecule has 0 radical (unpaired) electrons. The monoisotopic (exact) mass is 247 g/mol. The molecule has 3 amide bonds. The SMILES string of the molecule is CC1C(=O)NC(=O)CN1C(=O)c1ccccc1N. The number of nitrogens with zero attached hydrogens (tertiary/aromatic N) is 1. The van der Waals surface area contributed by atoms with Crippen LogP contribution >= 0.6 is 0 Å². The minimum Gasteiger partial charge on any atom is -0.398 e. The topological polar surface area (TPSA) is 92.5 Å². The van der Waals surface area contributed by atoms with E-state index in [0.717, 1.165) is 0 Å². The Bertz CT molecular complexity index is 527. The zero-order chi connectivity index (χ0) is 13.3. The maximum atomic E-state index is 12.2. The molecule has 94 valence electrons. The lowest BCUT2D eigenvalue weighted by Gasteiger charge is -2.31. The van der Waals surface area contributed by atoms with Crippen LogP contribution in [0, 0.1) is 0 Å². The van der Waals surface area contributed by atoms with Crippen molar-refractivity contribution in [1.29, 1.82) is 0 Å². The number of hydrogen-bond donors (Lipinski definition) is 2. The molecule has 3 N–H and O–H groups in total. The summed E-state index contributed by atoms with van der Waals surface area (Å²) < 4.78 is 0. The summed E-state index contributed by atoms with van der Waals surface area (Å²) in [6.07, 6.45) is 0. The van der Waals surface area contributed by atoms with E-state index in [-0.39, 0.29) is 6.54 Å². The molecule has 0 saturated carbocycles. The van der Waals surface area contributed by atoms with Gasteiger partial charge >= 0.3 is 0 Å². The molecular formula is C12H13N3O3. The Morgan fingerprint density at radius 1 is 1.39 bits per heavy atom. The number of carbonyl (C=O) groups is 3. The number of benzene rings is 1. The van der Waals surface area contributed by atoms with Crippen molar-refractivity contribution < 1.29 is 14.4 Å². The van der Waals surface area contributed by atoms with Crippen LogP contribution in [0.5, 0.6) is 0 Å². The van der Waals surface area contributed by atoms with E-state index >= 15 is 0 Å². The first kappa shape index (κ1) is 12.1. The number of nitrogens with two attached hydrogens (primary N) is 1. The van der Waals surface area contributed by atoms with Crippen molar-refractivity contribution in [3.8, 4) is 0 Å². The summed E-state index contributed by atoms with van der Waals surface area (Å²) >= 11 is 0. The van der Waals surface area contributed by atoms with Crippen molar-refractivity contribution in [2.75, 3.05) is 12.3 Å². The molecule has 1 heterocycles.